The number of hydrogen-bond acceptors (Lipinski definition) is 2. The third kappa shape index (κ3) is 2.64. The molecule has 2 N–H and O–H groups in total. The lowest BCUT2D eigenvalue weighted by atomic mass is 9.76. The van der Waals surface area contributed by atoms with Gasteiger partial charge in [0.1, 0.15) is 11.6 Å². The molecule has 1 aliphatic rings. The van der Waals surface area contributed by atoms with Gasteiger partial charge < -0.3 is 10.4 Å². The summed E-state index contributed by atoms with van der Waals surface area (Å²) in [6.45, 7) is 1.46. The van der Waals surface area contributed by atoms with Gasteiger partial charge in [0.25, 0.3) is 0 Å². The molecule has 0 amide bonds. The Kier molecular flexibility index (Phi) is 3.74. The number of piperidine rings is 1. The molecule has 4 heteroatoms. The van der Waals surface area contributed by atoms with Gasteiger partial charge in [0.2, 0.25) is 0 Å². The van der Waals surface area contributed by atoms with Crippen LogP contribution in [0.25, 0.3) is 0 Å². The third-order valence-corrected chi connectivity index (χ3v) is 3.51. The van der Waals surface area contributed by atoms with Gasteiger partial charge in [0.05, 0.1) is 6.61 Å². The monoisotopic (exact) mass is 241 g/mol. The van der Waals surface area contributed by atoms with E-state index in [1.807, 2.05) is 0 Å². The Morgan fingerprint density at radius 1 is 1.29 bits per heavy atom. The van der Waals surface area contributed by atoms with Crippen LogP contribution in [0.5, 0.6) is 0 Å². The van der Waals surface area contributed by atoms with E-state index in [2.05, 4.69) is 5.32 Å². The van der Waals surface area contributed by atoms with E-state index in [1.165, 1.54) is 18.2 Å². The van der Waals surface area contributed by atoms with E-state index < -0.39 is 17.0 Å². The van der Waals surface area contributed by atoms with Gasteiger partial charge in [0.15, 0.2) is 0 Å². The number of benzene rings is 1. The summed E-state index contributed by atoms with van der Waals surface area (Å²) in [4.78, 5) is 0. The summed E-state index contributed by atoms with van der Waals surface area (Å²) in [6.07, 6.45) is 1.97. The second-order valence-corrected chi connectivity index (χ2v) is 4.82. The number of hydrogen-bond donors (Lipinski definition) is 2. The molecule has 0 aliphatic carbocycles. The molecular weight excluding hydrogens is 224 g/mol. The van der Waals surface area contributed by atoms with Crippen LogP contribution in [0, 0.1) is 17.0 Å². The zero-order valence-electron chi connectivity index (χ0n) is 9.68. The zero-order chi connectivity index (χ0) is 12.3. The Balaban J connectivity index is 2.23. The molecule has 1 atom stereocenters. The van der Waals surface area contributed by atoms with Crippen molar-refractivity contribution in [1.29, 1.82) is 0 Å². The molecule has 1 heterocycles. The zero-order valence-corrected chi connectivity index (χ0v) is 9.68. The van der Waals surface area contributed by atoms with Crippen molar-refractivity contribution in [3.63, 3.8) is 0 Å². The molecule has 1 fully saturated rings. The molecule has 0 saturated carbocycles. The maximum absolute atomic E-state index is 13.6. The Morgan fingerprint density at radius 2 is 2.00 bits per heavy atom. The van der Waals surface area contributed by atoms with Gasteiger partial charge in [0, 0.05) is 17.5 Å². The lowest BCUT2D eigenvalue weighted by molar-refractivity contribution is 0.0930. The number of nitrogens with one attached hydrogen (secondary N) is 1. The Bertz CT molecular complexity index is 369. The minimum atomic E-state index is -0.525. The van der Waals surface area contributed by atoms with Crippen molar-refractivity contribution in [2.24, 2.45) is 5.41 Å². The average Bonchev–Trinajstić information content (AvgIpc) is 2.35. The molecule has 0 aromatic heterocycles. The highest BCUT2D eigenvalue weighted by Crippen LogP contribution is 2.31. The van der Waals surface area contributed by atoms with Crippen LogP contribution < -0.4 is 5.32 Å². The summed E-state index contributed by atoms with van der Waals surface area (Å²) in [5.41, 5.74) is -0.341. The van der Waals surface area contributed by atoms with Crippen molar-refractivity contribution in [3.8, 4) is 0 Å². The van der Waals surface area contributed by atoms with Crippen molar-refractivity contribution in [1.82, 2.24) is 5.32 Å². The standard InChI is InChI=1S/C13H17F2NO/c14-11-3-1-4-12(15)10(11)7-13(9-17)5-2-6-16-8-13/h1,3-4,16-17H,2,5-9H2. The van der Waals surface area contributed by atoms with Crippen molar-refractivity contribution >= 4 is 0 Å². The SMILES string of the molecule is OCC1(Cc2c(F)cccc2F)CCCNC1. The predicted molar refractivity (Wildman–Crippen MR) is 61.7 cm³/mol. The van der Waals surface area contributed by atoms with Gasteiger partial charge in [-0.2, -0.15) is 0 Å². The summed E-state index contributed by atoms with van der Waals surface area (Å²) >= 11 is 0. The van der Waals surface area contributed by atoms with Crippen LogP contribution in [0.3, 0.4) is 0 Å². The number of rotatable bonds is 3. The van der Waals surface area contributed by atoms with E-state index in [1.54, 1.807) is 0 Å². The van der Waals surface area contributed by atoms with E-state index in [-0.39, 0.29) is 18.6 Å². The molecule has 1 saturated heterocycles. The molecule has 94 valence electrons. The largest absolute Gasteiger partial charge is 0.396 e. The topological polar surface area (TPSA) is 32.3 Å². The van der Waals surface area contributed by atoms with E-state index in [4.69, 9.17) is 0 Å². The highest BCUT2D eigenvalue weighted by atomic mass is 19.1. The van der Waals surface area contributed by atoms with Gasteiger partial charge in [-0.1, -0.05) is 6.07 Å². The van der Waals surface area contributed by atoms with Crippen molar-refractivity contribution in [2.75, 3.05) is 19.7 Å². The van der Waals surface area contributed by atoms with Gasteiger partial charge in [-0.15, -0.1) is 0 Å². The molecule has 1 aliphatic heterocycles. The number of aliphatic hydroxyl groups excluding tert-OH is 1. The molecule has 0 spiro atoms. The Hall–Kier alpha value is -1.00. The lowest BCUT2D eigenvalue weighted by Crippen LogP contribution is -2.44. The first-order chi connectivity index (χ1) is 8.17. The van der Waals surface area contributed by atoms with E-state index >= 15 is 0 Å². The van der Waals surface area contributed by atoms with Crippen LogP contribution in [-0.4, -0.2) is 24.8 Å². The summed E-state index contributed by atoms with van der Waals surface area (Å²) in [7, 11) is 0. The predicted octanol–water partition coefficient (Wildman–Crippen LogP) is 1.87. The van der Waals surface area contributed by atoms with Gasteiger partial charge in [-0.3, -0.25) is 0 Å². The van der Waals surface area contributed by atoms with E-state index in [9.17, 15) is 13.9 Å². The van der Waals surface area contributed by atoms with E-state index in [0.29, 0.717) is 6.54 Å². The molecule has 2 nitrogen and oxygen atoms in total. The molecule has 0 radical (unpaired) electrons. The fourth-order valence-corrected chi connectivity index (χ4v) is 2.45. The molecule has 1 aromatic rings. The quantitative estimate of drug-likeness (QED) is 0.846. The second-order valence-electron chi connectivity index (χ2n) is 4.82. The van der Waals surface area contributed by atoms with Gasteiger partial charge in [-0.05, 0) is 37.9 Å². The molecule has 1 unspecified atom stereocenters. The minimum Gasteiger partial charge on any atom is -0.396 e. The lowest BCUT2D eigenvalue weighted by Gasteiger charge is -2.36. The molecule has 0 bridgehead atoms. The van der Waals surface area contributed by atoms with Gasteiger partial charge >= 0.3 is 0 Å². The van der Waals surface area contributed by atoms with Crippen LogP contribution in [0.2, 0.25) is 0 Å². The maximum atomic E-state index is 13.6. The highest BCUT2D eigenvalue weighted by Gasteiger charge is 2.33. The fraction of sp³-hybridized carbons (Fsp3) is 0.538. The molecular formula is C13H17F2NO. The van der Waals surface area contributed by atoms with Crippen molar-refractivity contribution < 1.29 is 13.9 Å². The first-order valence-electron chi connectivity index (χ1n) is 5.91. The first-order valence-corrected chi connectivity index (χ1v) is 5.91. The normalized spacial score (nSPS) is 24.9. The van der Waals surface area contributed by atoms with Gasteiger partial charge in [-0.25, -0.2) is 8.78 Å². The van der Waals surface area contributed by atoms with Crippen LogP contribution in [-0.2, 0) is 6.42 Å². The van der Waals surface area contributed by atoms with Crippen molar-refractivity contribution in [3.05, 3.63) is 35.4 Å². The Labute approximate surface area is 99.7 Å². The average molecular weight is 241 g/mol. The summed E-state index contributed by atoms with van der Waals surface area (Å²) in [5.74, 6) is -1.05. The van der Waals surface area contributed by atoms with E-state index in [0.717, 1.165) is 19.4 Å². The summed E-state index contributed by atoms with van der Waals surface area (Å²) in [6, 6.07) is 3.89. The third-order valence-electron chi connectivity index (χ3n) is 3.51. The highest BCUT2D eigenvalue weighted by molar-refractivity contribution is 5.21. The minimum absolute atomic E-state index is 0.0478. The van der Waals surface area contributed by atoms with Crippen molar-refractivity contribution in [2.45, 2.75) is 19.3 Å². The van der Waals surface area contributed by atoms with Crippen LogP contribution in [0.15, 0.2) is 18.2 Å². The summed E-state index contributed by atoms with van der Waals surface area (Å²) in [5, 5.41) is 12.7. The van der Waals surface area contributed by atoms with Crippen LogP contribution in [0.1, 0.15) is 18.4 Å². The first kappa shape index (κ1) is 12.5. The molecule has 2 rings (SSSR count). The maximum Gasteiger partial charge on any atom is 0.129 e. The fourth-order valence-electron chi connectivity index (χ4n) is 2.45. The Morgan fingerprint density at radius 3 is 2.53 bits per heavy atom. The molecule has 17 heavy (non-hydrogen) atoms. The number of halogens is 2. The van der Waals surface area contributed by atoms with Crippen LogP contribution in [0.4, 0.5) is 8.78 Å². The number of aliphatic hydroxyl groups is 1. The van der Waals surface area contributed by atoms with Crippen LogP contribution >= 0.6 is 0 Å². The molecule has 1 aromatic carbocycles. The summed E-state index contributed by atoms with van der Waals surface area (Å²) < 4.78 is 27.1. The smallest absolute Gasteiger partial charge is 0.129 e. The second kappa shape index (κ2) is 5.10.